The minimum atomic E-state index is -3.14. The molecule has 1 saturated carbocycles. The van der Waals surface area contributed by atoms with Crippen LogP contribution in [0.4, 0.5) is 0 Å². The van der Waals surface area contributed by atoms with Crippen LogP contribution in [0.3, 0.4) is 0 Å². The standard InChI is InChI=1S/C14H25NO4S/c1-11(2)20(16,17)15-9-14(10-15)7-13(5-6-19-14)18-8-12-3-4-12/h11-13H,3-10H2,1-2H3. The summed E-state index contributed by atoms with van der Waals surface area (Å²) in [5.74, 6) is 0.771. The molecule has 2 saturated heterocycles. The monoisotopic (exact) mass is 303 g/mol. The van der Waals surface area contributed by atoms with Crippen LogP contribution >= 0.6 is 0 Å². The largest absolute Gasteiger partial charge is 0.378 e. The molecule has 2 aliphatic heterocycles. The summed E-state index contributed by atoms with van der Waals surface area (Å²) >= 11 is 0. The van der Waals surface area contributed by atoms with Gasteiger partial charge in [-0.3, -0.25) is 0 Å². The van der Waals surface area contributed by atoms with E-state index >= 15 is 0 Å². The molecular weight excluding hydrogens is 278 g/mol. The van der Waals surface area contributed by atoms with Crippen LogP contribution in [0.15, 0.2) is 0 Å². The number of hydrogen-bond donors (Lipinski definition) is 0. The van der Waals surface area contributed by atoms with Gasteiger partial charge >= 0.3 is 0 Å². The second kappa shape index (κ2) is 5.23. The lowest BCUT2D eigenvalue weighted by molar-refractivity contribution is -0.179. The minimum absolute atomic E-state index is 0.244. The van der Waals surface area contributed by atoms with Crippen LogP contribution in [0.1, 0.15) is 39.5 Å². The van der Waals surface area contributed by atoms with E-state index in [2.05, 4.69) is 0 Å². The maximum atomic E-state index is 12.1. The summed E-state index contributed by atoms with van der Waals surface area (Å²) in [6.45, 7) is 6.00. The highest BCUT2D eigenvalue weighted by molar-refractivity contribution is 7.89. The van der Waals surface area contributed by atoms with Gasteiger partial charge in [0.2, 0.25) is 10.0 Å². The second-order valence-electron chi connectivity index (χ2n) is 6.78. The average molecular weight is 303 g/mol. The van der Waals surface area contributed by atoms with Crippen molar-refractivity contribution in [2.45, 2.75) is 56.5 Å². The summed E-state index contributed by atoms with van der Waals surface area (Å²) in [5.41, 5.74) is -0.283. The number of nitrogens with zero attached hydrogens (tertiary/aromatic N) is 1. The topological polar surface area (TPSA) is 55.8 Å². The van der Waals surface area contributed by atoms with Crippen LogP contribution in [0.2, 0.25) is 0 Å². The van der Waals surface area contributed by atoms with Crippen LogP contribution in [-0.2, 0) is 19.5 Å². The van der Waals surface area contributed by atoms with E-state index in [1.165, 1.54) is 12.8 Å². The van der Waals surface area contributed by atoms with Gasteiger partial charge in [-0.05, 0) is 39.0 Å². The summed E-state index contributed by atoms with van der Waals surface area (Å²) in [7, 11) is -3.14. The normalized spacial score (nSPS) is 30.6. The summed E-state index contributed by atoms with van der Waals surface area (Å²) in [4.78, 5) is 0. The highest BCUT2D eigenvalue weighted by Gasteiger charge is 2.52. The van der Waals surface area contributed by atoms with Crippen molar-refractivity contribution >= 4 is 10.0 Å². The fourth-order valence-electron chi connectivity index (χ4n) is 2.98. The van der Waals surface area contributed by atoms with E-state index in [1.54, 1.807) is 18.2 Å². The fraction of sp³-hybridized carbons (Fsp3) is 1.00. The van der Waals surface area contributed by atoms with Gasteiger partial charge in [-0.1, -0.05) is 0 Å². The Hall–Kier alpha value is -0.170. The molecule has 0 aromatic heterocycles. The SMILES string of the molecule is CC(C)S(=O)(=O)N1CC2(CC(OCC3CC3)CCO2)C1. The van der Waals surface area contributed by atoms with Crippen molar-refractivity contribution < 1.29 is 17.9 Å². The average Bonchev–Trinajstić information content (AvgIpc) is 3.17. The first kappa shape index (κ1) is 14.8. The van der Waals surface area contributed by atoms with Gasteiger partial charge in [0.05, 0.1) is 17.0 Å². The summed E-state index contributed by atoms with van der Waals surface area (Å²) in [6, 6.07) is 0. The molecule has 1 atom stereocenters. The zero-order valence-corrected chi connectivity index (χ0v) is 13.2. The Balaban J connectivity index is 1.53. The van der Waals surface area contributed by atoms with Crippen molar-refractivity contribution in [3.63, 3.8) is 0 Å². The Morgan fingerprint density at radius 3 is 2.60 bits per heavy atom. The maximum Gasteiger partial charge on any atom is 0.216 e. The lowest BCUT2D eigenvalue weighted by Crippen LogP contribution is -2.67. The minimum Gasteiger partial charge on any atom is -0.378 e. The molecule has 1 unspecified atom stereocenters. The lowest BCUT2D eigenvalue weighted by atomic mass is 9.86. The Morgan fingerprint density at radius 1 is 1.30 bits per heavy atom. The van der Waals surface area contributed by atoms with Crippen molar-refractivity contribution in [2.24, 2.45) is 5.92 Å². The molecule has 1 spiro atoms. The second-order valence-corrected chi connectivity index (χ2v) is 9.27. The lowest BCUT2D eigenvalue weighted by Gasteiger charge is -2.52. The zero-order valence-electron chi connectivity index (χ0n) is 12.4. The Kier molecular flexibility index (Phi) is 3.86. The van der Waals surface area contributed by atoms with Gasteiger partial charge in [0, 0.05) is 32.7 Å². The van der Waals surface area contributed by atoms with Crippen LogP contribution in [0.5, 0.6) is 0 Å². The van der Waals surface area contributed by atoms with E-state index in [9.17, 15) is 8.42 Å². The van der Waals surface area contributed by atoms with Gasteiger partial charge in [-0.25, -0.2) is 8.42 Å². The quantitative estimate of drug-likeness (QED) is 0.770. The molecule has 3 rings (SSSR count). The van der Waals surface area contributed by atoms with Crippen molar-refractivity contribution in [1.82, 2.24) is 4.31 Å². The van der Waals surface area contributed by atoms with Crippen molar-refractivity contribution in [3.8, 4) is 0 Å². The molecule has 0 N–H and O–H groups in total. The first-order valence-electron chi connectivity index (χ1n) is 7.66. The van der Waals surface area contributed by atoms with E-state index in [1.807, 2.05) is 0 Å². The molecule has 0 aromatic carbocycles. The van der Waals surface area contributed by atoms with Crippen LogP contribution in [0.25, 0.3) is 0 Å². The molecule has 0 aromatic rings. The third-order valence-electron chi connectivity index (χ3n) is 4.60. The summed E-state index contributed by atoms with van der Waals surface area (Å²) < 4.78 is 37.6. The number of ether oxygens (including phenoxy) is 2. The van der Waals surface area contributed by atoms with Crippen LogP contribution < -0.4 is 0 Å². The molecule has 3 aliphatic rings. The molecule has 0 bridgehead atoms. The van der Waals surface area contributed by atoms with Crippen LogP contribution in [0, 0.1) is 5.92 Å². The molecular formula is C14H25NO4S. The van der Waals surface area contributed by atoms with Gasteiger partial charge in [0.1, 0.15) is 0 Å². The zero-order chi connectivity index (χ0) is 14.4. The Labute approximate surface area is 121 Å². The van der Waals surface area contributed by atoms with Gasteiger partial charge in [-0.2, -0.15) is 4.31 Å². The van der Waals surface area contributed by atoms with Crippen molar-refractivity contribution in [3.05, 3.63) is 0 Å². The molecule has 5 nitrogen and oxygen atoms in total. The van der Waals surface area contributed by atoms with Gasteiger partial charge in [0.25, 0.3) is 0 Å². The van der Waals surface area contributed by atoms with Gasteiger partial charge in [0.15, 0.2) is 0 Å². The maximum absolute atomic E-state index is 12.1. The highest BCUT2D eigenvalue weighted by atomic mass is 32.2. The highest BCUT2D eigenvalue weighted by Crippen LogP contribution is 2.38. The Morgan fingerprint density at radius 2 is 2.00 bits per heavy atom. The van der Waals surface area contributed by atoms with Crippen molar-refractivity contribution in [2.75, 3.05) is 26.3 Å². The van der Waals surface area contributed by atoms with Crippen LogP contribution in [-0.4, -0.2) is 56.0 Å². The third-order valence-corrected chi connectivity index (χ3v) is 6.77. The fourth-order valence-corrected chi connectivity index (χ4v) is 4.40. The molecule has 20 heavy (non-hydrogen) atoms. The van der Waals surface area contributed by atoms with Gasteiger partial charge < -0.3 is 9.47 Å². The molecule has 2 heterocycles. The number of rotatable bonds is 5. The van der Waals surface area contributed by atoms with E-state index in [0.29, 0.717) is 19.7 Å². The summed E-state index contributed by atoms with van der Waals surface area (Å²) in [5, 5.41) is -0.356. The molecule has 1 aliphatic carbocycles. The van der Waals surface area contributed by atoms with E-state index < -0.39 is 10.0 Å². The number of hydrogen-bond acceptors (Lipinski definition) is 4. The summed E-state index contributed by atoms with van der Waals surface area (Å²) in [6.07, 6.45) is 4.62. The smallest absolute Gasteiger partial charge is 0.216 e. The first-order valence-corrected chi connectivity index (χ1v) is 9.16. The predicted octanol–water partition coefficient (Wildman–Crippen LogP) is 1.38. The van der Waals surface area contributed by atoms with Crippen molar-refractivity contribution in [1.29, 1.82) is 0 Å². The van der Waals surface area contributed by atoms with E-state index in [0.717, 1.165) is 25.4 Å². The van der Waals surface area contributed by atoms with E-state index in [4.69, 9.17) is 9.47 Å². The third kappa shape index (κ3) is 2.89. The number of sulfonamides is 1. The molecule has 3 fully saturated rings. The predicted molar refractivity (Wildman–Crippen MR) is 76.0 cm³/mol. The van der Waals surface area contributed by atoms with E-state index in [-0.39, 0.29) is 17.0 Å². The first-order chi connectivity index (χ1) is 9.41. The Bertz CT molecular complexity index is 452. The molecule has 116 valence electrons. The molecule has 0 amide bonds. The van der Waals surface area contributed by atoms with Gasteiger partial charge in [-0.15, -0.1) is 0 Å². The molecule has 0 radical (unpaired) electrons. The molecule has 6 heteroatoms.